The third kappa shape index (κ3) is 3.19. The molecule has 5 heteroatoms. The van der Waals surface area contributed by atoms with Gasteiger partial charge in [0.05, 0.1) is 5.56 Å². The molecule has 0 N–H and O–H groups in total. The van der Waals surface area contributed by atoms with Crippen LogP contribution in [0.4, 0.5) is 17.6 Å². The third-order valence-corrected chi connectivity index (χ3v) is 3.02. The molecule has 1 rings (SSSR count). The largest absolute Gasteiger partial charge is 0.416 e. The van der Waals surface area contributed by atoms with Crippen LogP contribution in [0.1, 0.15) is 24.0 Å². The Morgan fingerprint density at radius 2 is 1.87 bits per heavy atom. The first-order chi connectivity index (χ1) is 6.84. The molecule has 0 spiro atoms. The Balaban J connectivity index is 3.17. The van der Waals surface area contributed by atoms with Crippen LogP contribution in [0.15, 0.2) is 18.2 Å². The van der Waals surface area contributed by atoms with Crippen LogP contribution in [0.2, 0.25) is 0 Å². The Morgan fingerprint density at radius 1 is 1.27 bits per heavy atom. The van der Waals surface area contributed by atoms with Gasteiger partial charge in [-0.15, -0.1) is 0 Å². The summed E-state index contributed by atoms with van der Waals surface area (Å²) in [5, 5.41) is 0.494. The van der Waals surface area contributed by atoms with Crippen molar-refractivity contribution < 1.29 is 17.6 Å². The van der Waals surface area contributed by atoms with Crippen LogP contribution in [0.3, 0.4) is 0 Å². The molecule has 0 aliphatic heterocycles. The highest BCUT2D eigenvalue weighted by atomic mass is 79.9. The molecule has 0 radical (unpaired) electrons. The van der Waals surface area contributed by atoms with Crippen LogP contribution >= 0.6 is 15.9 Å². The molecule has 0 fully saturated rings. The van der Waals surface area contributed by atoms with E-state index in [0.29, 0.717) is 17.0 Å². The molecule has 0 aliphatic rings. The normalized spacial score (nSPS) is 14.0. The van der Waals surface area contributed by atoms with Gasteiger partial charge in [0, 0.05) is 5.33 Å². The molecule has 0 saturated carbocycles. The first-order valence-corrected chi connectivity index (χ1v) is 5.40. The van der Waals surface area contributed by atoms with Crippen LogP contribution in [0.25, 0.3) is 0 Å². The third-order valence-electron chi connectivity index (χ3n) is 2.05. The summed E-state index contributed by atoms with van der Waals surface area (Å²) in [5.74, 6) is -1.01. The fourth-order valence-corrected chi connectivity index (χ4v) is 1.52. The van der Waals surface area contributed by atoms with Gasteiger partial charge in [0.15, 0.2) is 0 Å². The Hall–Kier alpha value is -0.580. The summed E-state index contributed by atoms with van der Waals surface area (Å²) in [6.07, 6.45) is -4.50. The lowest BCUT2D eigenvalue weighted by atomic mass is 10.0. The molecule has 0 heterocycles. The minimum atomic E-state index is -4.50. The molecular formula is C10H9BrF4. The smallest absolute Gasteiger partial charge is 0.207 e. The fourth-order valence-electron chi connectivity index (χ4n) is 1.15. The molecule has 0 bridgehead atoms. The molecule has 15 heavy (non-hydrogen) atoms. The lowest BCUT2D eigenvalue weighted by Crippen LogP contribution is -2.07. The second-order valence-corrected chi connectivity index (χ2v) is 3.97. The van der Waals surface area contributed by atoms with E-state index in [-0.39, 0.29) is 5.92 Å². The van der Waals surface area contributed by atoms with E-state index in [9.17, 15) is 17.6 Å². The highest BCUT2D eigenvalue weighted by Crippen LogP contribution is 2.32. The van der Waals surface area contributed by atoms with Gasteiger partial charge >= 0.3 is 6.18 Å². The zero-order valence-corrected chi connectivity index (χ0v) is 9.49. The molecular weight excluding hydrogens is 276 g/mol. The van der Waals surface area contributed by atoms with E-state index < -0.39 is 17.6 Å². The Morgan fingerprint density at radius 3 is 2.33 bits per heavy atom. The zero-order valence-electron chi connectivity index (χ0n) is 7.91. The highest BCUT2D eigenvalue weighted by molar-refractivity contribution is 9.09. The van der Waals surface area contributed by atoms with Gasteiger partial charge in [-0.05, 0) is 29.7 Å². The number of rotatable bonds is 2. The summed E-state index contributed by atoms with van der Waals surface area (Å²) in [5.41, 5.74) is -0.593. The van der Waals surface area contributed by atoms with E-state index in [1.807, 2.05) is 0 Å². The topological polar surface area (TPSA) is 0 Å². The van der Waals surface area contributed by atoms with Gasteiger partial charge in [-0.1, -0.05) is 22.9 Å². The molecule has 84 valence electrons. The summed E-state index contributed by atoms with van der Waals surface area (Å²) in [6.45, 7) is 1.73. The zero-order chi connectivity index (χ0) is 11.6. The molecule has 0 aliphatic carbocycles. The van der Waals surface area contributed by atoms with Crippen molar-refractivity contribution in [2.24, 2.45) is 0 Å². The van der Waals surface area contributed by atoms with Crippen molar-refractivity contribution >= 4 is 15.9 Å². The standard InChI is InChI=1S/C10H9BrF4/c1-6(5-11)7-2-8(10(13,14)15)4-9(12)3-7/h2-4,6H,5H2,1H3. The lowest BCUT2D eigenvalue weighted by Gasteiger charge is -2.12. The minimum absolute atomic E-state index is 0.151. The van der Waals surface area contributed by atoms with E-state index in [1.54, 1.807) is 6.92 Å². The van der Waals surface area contributed by atoms with Gasteiger partial charge in [-0.25, -0.2) is 4.39 Å². The molecule has 0 nitrogen and oxygen atoms in total. The Bertz CT molecular complexity index is 346. The first-order valence-electron chi connectivity index (χ1n) is 4.28. The Kier molecular flexibility index (Phi) is 3.76. The summed E-state index contributed by atoms with van der Waals surface area (Å²) >= 11 is 3.15. The molecule has 1 atom stereocenters. The maximum absolute atomic E-state index is 12.9. The van der Waals surface area contributed by atoms with Gasteiger partial charge in [0.1, 0.15) is 5.82 Å². The van der Waals surface area contributed by atoms with Gasteiger partial charge in [-0.2, -0.15) is 13.2 Å². The predicted octanol–water partition coefficient (Wildman–Crippen LogP) is 4.34. The van der Waals surface area contributed by atoms with Gasteiger partial charge in [0.2, 0.25) is 0 Å². The second-order valence-electron chi connectivity index (χ2n) is 3.33. The van der Waals surface area contributed by atoms with Crippen molar-refractivity contribution in [2.45, 2.75) is 19.0 Å². The summed E-state index contributed by atoms with van der Waals surface area (Å²) in [4.78, 5) is 0. The lowest BCUT2D eigenvalue weighted by molar-refractivity contribution is -0.137. The summed E-state index contributed by atoms with van der Waals surface area (Å²) in [7, 11) is 0. The predicted molar refractivity (Wildman–Crippen MR) is 53.6 cm³/mol. The van der Waals surface area contributed by atoms with E-state index in [0.717, 1.165) is 12.1 Å². The molecule has 1 unspecified atom stereocenters. The number of hydrogen-bond acceptors (Lipinski definition) is 0. The van der Waals surface area contributed by atoms with E-state index in [1.165, 1.54) is 0 Å². The molecule has 1 aromatic carbocycles. The number of halogens is 5. The van der Waals surface area contributed by atoms with Crippen molar-refractivity contribution in [1.29, 1.82) is 0 Å². The van der Waals surface area contributed by atoms with Gasteiger partial charge in [-0.3, -0.25) is 0 Å². The van der Waals surface area contributed by atoms with Crippen molar-refractivity contribution in [1.82, 2.24) is 0 Å². The highest BCUT2D eigenvalue weighted by Gasteiger charge is 2.31. The Labute approximate surface area is 93.4 Å². The van der Waals surface area contributed by atoms with Crippen molar-refractivity contribution in [3.63, 3.8) is 0 Å². The van der Waals surface area contributed by atoms with Gasteiger partial charge in [0.25, 0.3) is 0 Å². The van der Waals surface area contributed by atoms with Crippen LogP contribution in [-0.4, -0.2) is 5.33 Å². The average molecular weight is 285 g/mol. The summed E-state index contributed by atoms with van der Waals surface area (Å²) in [6, 6.07) is 2.61. The van der Waals surface area contributed by atoms with Gasteiger partial charge < -0.3 is 0 Å². The number of hydrogen-bond donors (Lipinski definition) is 0. The quantitative estimate of drug-likeness (QED) is 0.560. The SMILES string of the molecule is CC(CBr)c1cc(F)cc(C(F)(F)F)c1. The van der Waals surface area contributed by atoms with E-state index in [2.05, 4.69) is 15.9 Å². The van der Waals surface area contributed by atoms with E-state index >= 15 is 0 Å². The van der Waals surface area contributed by atoms with Crippen molar-refractivity contribution in [3.8, 4) is 0 Å². The van der Waals surface area contributed by atoms with Crippen molar-refractivity contribution in [3.05, 3.63) is 35.1 Å². The fraction of sp³-hybridized carbons (Fsp3) is 0.400. The average Bonchev–Trinajstić information content (AvgIpc) is 2.14. The maximum Gasteiger partial charge on any atom is 0.416 e. The first kappa shape index (κ1) is 12.5. The maximum atomic E-state index is 12.9. The molecule has 0 saturated heterocycles. The van der Waals surface area contributed by atoms with Crippen LogP contribution in [0, 0.1) is 5.82 Å². The summed E-state index contributed by atoms with van der Waals surface area (Å²) < 4.78 is 49.9. The monoisotopic (exact) mass is 284 g/mol. The van der Waals surface area contributed by atoms with Crippen LogP contribution in [-0.2, 0) is 6.18 Å². The number of benzene rings is 1. The number of alkyl halides is 4. The molecule has 0 amide bonds. The molecule has 0 aromatic heterocycles. The van der Waals surface area contributed by atoms with Crippen LogP contribution < -0.4 is 0 Å². The van der Waals surface area contributed by atoms with Crippen molar-refractivity contribution in [2.75, 3.05) is 5.33 Å². The van der Waals surface area contributed by atoms with E-state index in [4.69, 9.17) is 0 Å². The second kappa shape index (κ2) is 4.51. The minimum Gasteiger partial charge on any atom is -0.207 e. The molecule has 1 aromatic rings. The van der Waals surface area contributed by atoms with Crippen LogP contribution in [0.5, 0.6) is 0 Å².